The van der Waals surface area contributed by atoms with Gasteiger partial charge in [-0.3, -0.25) is 0 Å². The lowest BCUT2D eigenvalue weighted by Crippen LogP contribution is -2.01. The third kappa shape index (κ3) is 1.35. The zero-order chi connectivity index (χ0) is 12.9. The summed E-state index contributed by atoms with van der Waals surface area (Å²) in [4.78, 5) is 0. The lowest BCUT2D eigenvalue weighted by atomic mass is 10.0. The monoisotopic (exact) mass is 243 g/mol. The van der Waals surface area contributed by atoms with Crippen LogP contribution in [0, 0.1) is 20.8 Å². The number of hydrogen-bond donors (Lipinski definition) is 1. The van der Waals surface area contributed by atoms with Crippen LogP contribution in [0.25, 0.3) is 21.9 Å². The zero-order valence-corrected chi connectivity index (χ0v) is 10.4. The van der Waals surface area contributed by atoms with Gasteiger partial charge in [0.25, 0.3) is 5.55 Å². The molecule has 0 saturated carbocycles. The summed E-state index contributed by atoms with van der Waals surface area (Å²) in [6.07, 6.45) is 1.74. The van der Waals surface area contributed by atoms with Crippen molar-refractivity contribution < 1.29 is 14.0 Å². The molecular weight excluding hydrogens is 230 g/mol. The minimum atomic E-state index is 0.200. The molecule has 0 amide bonds. The first kappa shape index (κ1) is 10.9. The van der Waals surface area contributed by atoms with Crippen molar-refractivity contribution in [2.75, 3.05) is 0 Å². The molecule has 0 bridgehead atoms. The van der Waals surface area contributed by atoms with E-state index in [0.717, 1.165) is 33.0 Å². The molecule has 4 heteroatoms. The summed E-state index contributed by atoms with van der Waals surface area (Å²) in [6.45, 7) is 5.92. The van der Waals surface area contributed by atoms with Gasteiger partial charge in [-0.05, 0) is 43.1 Å². The molecule has 2 aromatic heterocycles. The van der Waals surface area contributed by atoms with Gasteiger partial charge in [-0.1, -0.05) is 0 Å². The van der Waals surface area contributed by atoms with Gasteiger partial charge in [0.1, 0.15) is 11.2 Å². The Morgan fingerprint density at radius 1 is 1.00 bits per heavy atom. The number of benzene rings is 1. The van der Waals surface area contributed by atoms with E-state index in [1.807, 2.05) is 20.8 Å². The van der Waals surface area contributed by atoms with Gasteiger partial charge in [-0.25, -0.2) is 0 Å². The lowest BCUT2D eigenvalue weighted by molar-refractivity contribution is 0.276. The van der Waals surface area contributed by atoms with Crippen molar-refractivity contribution in [3.8, 4) is 0 Å². The Kier molecular flexibility index (Phi) is 2.20. The fourth-order valence-electron chi connectivity index (χ4n) is 2.31. The van der Waals surface area contributed by atoms with Gasteiger partial charge in [0.2, 0.25) is 0 Å². The Labute approximate surface area is 103 Å². The first-order valence-corrected chi connectivity index (χ1v) is 5.72. The van der Waals surface area contributed by atoms with E-state index >= 15 is 0 Å². The van der Waals surface area contributed by atoms with Crippen LogP contribution in [0.5, 0.6) is 0 Å². The SMILES string of the molecule is Cc1coc2c(C)c3o/c(=N\O)cc(C)c3cc12. The average Bonchev–Trinajstić information content (AvgIpc) is 2.73. The summed E-state index contributed by atoms with van der Waals surface area (Å²) in [6, 6.07) is 3.76. The Balaban J connectivity index is 2.61. The predicted octanol–water partition coefficient (Wildman–Crippen LogP) is 3.39. The molecule has 0 aliphatic heterocycles. The first-order chi connectivity index (χ1) is 8.61. The molecule has 0 fully saturated rings. The predicted molar refractivity (Wildman–Crippen MR) is 67.5 cm³/mol. The third-order valence-electron chi connectivity index (χ3n) is 3.31. The van der Waals surface area contributed by atoms with Gasteiger partial charge in [0, 0.05) is 22.4 Å². The van der Waals surface area contributed by atoms with E-state index in [2.05, 4.69) is 11.2 Å². The summed E-state index contributed by atoms with van der Waals surface area (Å²) >= 11 is 0. The average molecular weight is 243 g/mol. The van der Waals surface area contributed by atoms with Crippen molar-refractivity contribution in [2.45, 2.75) is 20.8 Å². The van der Waals surface area contributed by atoms with E-state index in [1.54, 1.807) is 12.3 Å². The van der Waals surface area contributed by atoms with Crippen LogP contribution < -0.4 is 5.55 Å². The van der Waals surface area contributed by atoms with E-state index in [0.29, 0.717) is 5.58 Å². The molecule has 0 saturated heterocycles. The van der Waals surface area contributed by atoms with Gasteiger partial charge < -0.3 is 14.0 Å². The minimum absolute atomic E-state index is 0.200. The van der Waals surface area contributed by atoms with Crippen LogP contribution in [0.2, 0.25) is 0 Å². The highest BCUT2D eigenvalue weighted by atomic mass is 16.5. The maximum Gasteiger partial charge on any atom is 0.255 e. The zero-order valence-electron chi connectivity index (χ0n) is 10.4. The van der Waals surface area contributed by atoms with Crippen LogP contribution in [0.3, 0.4) is 0 Å². The Morgan fingerprint density at radius 3 is 2.44 bits per heavy atom. The van der Waals surface area contributed by atoms with E-state index in [1.165, 1.54) is 0 Å². The molecular formula is C14H13NO3. The number of hydrogen-bond acceptors (Lipinski definition) is 4. The molecule has 3 aromatic rings. The van der Waals surface area contributed by atoms with Gasteiger partial charge >= 0.3 is 0 Å². The van der Waals surface area contributed by atoms with Crippen LogP contribution in [-0.4, -0.2) is 5.21 Å². The smallest absolute Gasteiger partial charge is 0.255 e. The quantitative estimate of drug-likeness (QED) is 0.486. The highest BCUT2D eigenvalue weighted by molar-refractivity contribution is 5.99. The number of furan rings is 1. The van der Waals surface area contributed by atoms with Crippen LogP contribution >= 0.6 is 0 Å². The topological polar surface area (TPSA) is 58.9 Å². The molecule has 0 aliphatic rings. The maximum atomic E-state index is 8.84. The third-order valence-corrected chi connectivity index (χ3v) is 3.31. The van der Waals surface area contributed by atoms with Gasteiger partial charge in [0.15, 0.2) is 0 Å². The normalized spacial score (nSPS) is 12.7. The second kappa shape index (κ2) is 3.63. The van der Waals surface area contributed by atoms with Crippen LogP contribution in [0.4, 0.5) is 0 Å². The molecule has 0 aliphatic carbocycles. The summed E-state index contributed by atoms with van der Waals surface area (Å²) in [7, 11) is 0. The maximum absolute atomic E-state index is 8.84. The van der Waals surface area contributed by atoms with Crippen LogP contribution in [-0.2, 0) is 0 Å². The van der Waals surface area contributed by atoms with E-state index in [-0.39, 0.29) is 5.55 Å². The molecule has 18 heavy (non-hydrogen) atoms. The molecule has 2 heterocycles. The van der Waals surface area contributed by atoms with Crippen LogP contribution in [0.1, 0.15) is 16.7 Å². The Bertz CT molecular complexity index is 824. The lowest BCUT2D eigenvalue weighted by Gasteiger charge is -2.05. The van der Waals surface area contributed by atoms with E-state index < -0.39 is 0 Å². The summed E-state index contributed by atoms with van der Waals surface area (Å²) in [5.41, 5.74) is 4.75. The fourth-order valence-corrected chi connectivity index (χ4v) is 2.31. The molecule has 0 atom stereocenters. The molecule has 92 valence electrons. The van der Waals surface area contributed by atoms with Crippen molar-refractivity contribution in [3.05, 3.63) is 40.6 Å². The molecule has 1 aromatic carbocycles. The molecule has 0 spiro atoms. The standard InChI is InChI=1S/C14H13NO3/c1-7-4-12(15-16)18-14-9(3)13-11(5-10(7)14)8(2)6-17-13/h4-6,16H,1-3H3/b15-12-. The number of aryl methyl sites for hydroxylation is 3. The van der Waals surface area contributed by atoms with Crippen molar-refractivity contribution in [2.24, 2.45) is 5.16 Å². The second-order valence-electron chi connectivity index (χ2n) is 4.54. The fraction of sp³-hybridized carbons (Fsp3) is 0.214. The second-order valence-corrected chi connectivity index (χ2v) is 4.54. The Morgan fingerprint density at radius 2 is 1.72 bits per heavy atom. The molecule has 1 N–H and O–H groups in total. The van der Waals surface area contributed by atoms with Crippen molar-refractivity contribution in [1.82, 2.24) is 0 Å². The molecule has 3 rings (SSSR count). The van der Waals surface area contributed by atoms with Crippen molar-refractivity contribution >= 4 is 21.9 Å². The number of nitrogens with zero attached hydrogens (tertiary/aromatic N) is 1. The number of fused-ring (bicyclic) bond motifs is 2. The molecule has 0 radical (unpaired) electrons. The van der Waals surface area contributed by atoms with Crippen LogP contribution in [0.15, 0.2) is 32.4 Å². The summed E-state index contributed by atoms with van der Waals surface area (Å²) < 4.78 is 11.1. The first-order valence-electron chi connectivity index (χ1n) is 5.72. The minimum Gasteiger partial charge on any atom is -0.464 e. The van der Waals surface area contributed by atoms with Gasteiger partial charge in [-0.15, -0.1) is 0 Å². The highest BCUT2D eigenvalue weighted by Gasteiger charge is 2.12. The van der Waals surface area contributed by atoms with Crippen molar-refractivity contribution in [3.63, 3.8) is 0 Å². The van der Waals surface area contributed by atoms with Gasteiger partial charge in [-0.2, -0.15) is 0 Å². The van der Waals surface area contributed by atoms with E-state index in [9.17, 15) is 0 Å². The molecule has 0 unspecified atom stereocenters. The van der Waals surface area contributed by atoms with Gasteiger partial charge in [0.05, 0.1) is 6.26 Å². The summed E-state index contributed by atoms with van der Waals surface area (Å²) in [5.74, 6) is 0. The number of rotatable bonds is 0. The summed E-state index contributed by atoms with van der Waals surface area (Å²) in [5, 5.41) is 14.0. The largest absolute Gasteiger partial charge is 0.464 e. The highest BCUT2D eigenvalue weighted by Crippen LogP contribution is 2.31. The molecule has 4 nitrogen and oxygen atoms in total. The van der Waals surface area contributed by atoms with Crippen molar-refractivity contribution in [1.29, 1.82) is 0 Å². The van der Waals surface area contributed by atoms with E-state index in [4.69, 9.17) is 14.0 Å². The Hall–Kier alpha value is -2.23.